The van der Waals surface area contributed by atoms with Crippen molar-refractivity contribution in [3.05, 3.63) is 70.1 Å². The first-order chi connectivity index (χ1) is 15.0. The average Bonchev–Trinajstić information content (AvgIpc) is 3.20. The fourth-order valence-corrected chi connectivity index (χ4v) is 3.92. The maximum absolute atomic E-state index is 12.6. The quantitative estimate of drug-likeness (QED) is 0.317. The molecule has 1 aromatic heterocycles. The zero-order valence-electron chi connectivity index (χ0n) is 17.2. The van der Waals surface area contributed by atoms with Gasteiger partial charge in [0.2, 0.25) is 0 Å². The van der Waals surface area contributed by atoms with Gasteiger partial charge in [-0.3, -0.25) is 28.4 Å². The molecule has 1 aliphatic rings. The summed E-state index contributed by atoms with van der Waals surface area (Å²) in [4.78, 5) is 50.6. The molecule has 0 atom stereocenters. The van der Waals surface area contributed by atoms with E-state index in [9.17, 15) is 19.2 Å². The first-order valence-electron chi connectivity index (χ1n) is 10.3. The number of carbonyl (C=O) groups is 3. The number of nitrogens with zero attached hydrogens (tertiary/aromatic N) is 3. The fraction of sp³-hybridized carbons (Fsp3) is 0.304. The number of aromatic nitrogens is 2. The monoisotopic (exact) mass is 421 g/mol. The molecule has 8 nitrogen and oxygen atoms in total. The number of aryl methyl sites for hydroxylation is 2. The maximum atomic E-state index is 12.6. The lowest BCUT2D eigenvalue weighted by atomic mass is 10.1. The Labute approximate surface area is 178 Å². The van der Waals surface area contributed by atoms with Crippen molar-refractivity contribution in [2.24, 2.45) is 0 Å². The Hall–Kier alpha value is -3.68. The summed E-state index contributed by atoms with van der Waals surface area (Å²) in [6, 6.07) is 14.2. The van der Waals surface area contributed by atoms with E-state index in [1.807, 2.05) is 31.2 Å². The molecule has 0 fully saturated rings. The molecule has 4 rings (SSSR count). The largest absolute Gasteiger partial charge is 0.466 e. The van der Waals surface area contributed by atoms with Crippen LogP contribution in [0, 0.1) is 0 Å². The van der Waals surface area contributed by atoms with E-state index in [0.29, 0.717) is 24.1 Å². The van der Waals surface area contributed by atoms with Crippen LogP contribution in [0.2, 0.25) is 0 Å². The summed E-state index contributed by atoms with van der Waals surface area (Å²) in [7, 11) is 0. The van der Waals surface area contributed by atoms with Crippen molar-refractivity contribution in [2.45, 2.75) is 32.9 Å². The third-order valence-electron chi connectivity index (χ3n) is 5.45. The molecule has 160 valence electrons. The van der Waals surface area contributed by atoms with Crippen LogP contribution in [-0.2, 0) is 22.6 Å². The Balaban J connectivity index is 1.28. The van der Waals surface area contributed by atoms with Crippen molar-refractivity contribution in [1.82, 2.24) is 14.0 Å². The number of imide groups is 1. The van der Waals surface area contributed by atoms with Crippen molar-refractivity contribution in [2.75, 3.05) is 13.2 Å². The number of hydrogen-bond acceptors (Lipinski definition) is 5. The smallest absolute Gasteiger partial charge is 0.329 e. The van der Waals surface area contributed by atoms with Crippen molar-refractivity contribution in [3.63, 3.8) is 0 Å². The number of fused-ring (bicyclic) bond motifs is 2. The molecule has 3 aromatic rings. The van der Waals surface area contributed by atoms with Crippen LogP contribution in [0.15, 0.2) is 53.3 Å². The van der Waals surface area contributed by atoms with Crippen molar-refractivity contribution in [1.29, 1.82) is 0 Å². The minimum Gasteiger partial charge on any atom is -0.466 e. The van der Waals surface area contributed by atoms with E-state index in [2.05, 4.69) is 0 Å². The molecular formula is C23H23N3O5. The standard InChI is InChI=1S/C23H23N3O5/c1-2-24-18-10-5-6-11-19(18)25(23(24)30)14-12-20(27)31-15-7-13-26-21(28)16-8-3-4-9-17(16)22(26)29/h3-6,8-11H,2,7,12-15H2,1H3. The number of imidazole rings is 1. The number of para-hydroxylation sites is 2. The van der Waals surface area contributed by atoms with Gasteiger partial charge in [0.1, 0.15) is 0 Å². The normalized spacial score (nSPS) is 13.1. The molecular weight excluding hydrogens is 398 g/mol. The van der Waals surface area contributed by atoms with Gasteiger partial charge in [-0.2, -0.15) is 0 Å². The third-order valence-corrected chi connectivity index (χ3v) is 5.45. The van der Waals surface area contributed by atoms with E-state index in [1.165, 1.54) is 4.90 Å². The van der Waals surface area contributed by atoms with E-state index in [0.717, 1.165) is 11.0 Å². The van der Waals surface area contributed by atoms with Crippen LogP contribution in [0.5, 0.6) is 0 Å². The van der Waals surface area contributed by atoms with Crippen LogP contribution in [0.3, 0.4) is 0 Å². The number of rotatable bonds is 8. The molecule has 2 heterocycles. The van der Waals surface area contributed by atoms with Gasteiger partial charge in [0.15, 0.2) is 0 Å². The number of esters is 1. The van der Waals surface area contributed by atoms with Crippen molar-refractivity contribution in [3.8, 4) is 0 Å². The van der Waals surface area contributed by atoms with Gasteiger partial charge in [-0.25, -0.2) is 4.79 Å². The molecule has 0 radical (unpaired) electrons. The number of carbonyl (C=O) groups excluding carboxylic acids is 3. The van der Waals surface area contributed by atoms with Gasteiger partial charge in [-0.15, -0.1) is 0 Å². The highest BCUT2D eigenvalue weighted by atomic mass is 16.5. The second kappa shape index (κ2) is 8.59. The molecule has 0 unspecified atom stereocenters. The van der Waals surface area contributed by atoms with Gasteiger partial charge in [-0.1, -0.05) is 24.3 Å². The second-order valence-electron chi connectivity index (χ2n) is 7.30. The maximum Gasteiger partial charge on any atom is 0.329 e. The van der Waals surface area contributed by atoms with Crippen LogP contribution in [0.25, 0.3) is 11.0 Å². The Morgan fingerprint density at radius 2 is 1.42 bits per heavy atom. The van der Waals surface area contributed by atoms with E-state index in [1.54, 1.807) is 33.4 Å². The highest BCUT2D eigenvalue weighted by molar-refractivity contribution is 6.21. The van der Waals surface area contributed by atoms with Gasteiger partial charge in [0.05, 0.1) is 35.2 Å². The molecule has 31 heavy (non-hydrogen) atoms. The third kappa shape index (κ3) is 3.76. The van der Waals surface area contributed by atoms with Crippen molar-refractivity contribution < 1.29 is 19.1 Å². The zero-order valence-corrected chi connectivity index (χ0v) is 17.2. The summed E-state index contributed by atoms with van der Waals surface area (Å²) in [6.07, 6.45) is 0.414. The number of hydrogen-bond donors (Lipinski definition) is 0. The minimum absolute atomic E-state index is 0.0602. The Kier molecular flexibility index (Phi) is 5.70. The number of ether oxygens (including phenoxy) is 1. The first-order valence-corrected chi connectivity index (χ1v) is 10.3. The van der Waals surface area contributed by atoms with Crippen LogP contribution in [0.4, 0.5) is 0 Å². The highest BCUT2D eigenvalue weighted by Crippen LogP contribution is 2.22. The average molecular weight is 421 g/mol. The predicted molar refractivity (Wildman–Crippen MR) is 114 cm³/mol. The molecule has 2 aromatic carbocycles. The predicted octanol–water partition coefficient (Wildman–Crippen LogP) is 2.44. The summed E-state index contributed by atoms with van der Waals surface area (Å²) in [5.41, 5.74) is 2.28. The van der Waals surface area contributed by atoms with Crippen LogP contribution in [0.1, 0.15) is 40.5 Å². The lowest BCUT2D eigenvalue weighted by Gasteiger charge is -2.13. The molecule has 0 bridgehead atoms. The van der Waals surface area contributed by atoms with Crippen LogP contribution >= 0.6 is 0 Å². The summed E-state index contributed by atoms with van der Waals surface area (Å²) in [6.45, 7) is 2.96. The molecule has 0 N–H and O–H groups in total. The molecule has 0 saturated carbocycles. The number of amides is 2. The summed E-state index contributed by atoms with van der Waals surface area (Å²) in [5, 5.41) is 0. The molecule has 0 aliphatic carbocycles. The van der Waals surface area contributed by atoms with Gasteiger partial charge in [0.25, 0.3) is 11.8 Å². The van der Waals surface area contributed by atoms with Crippen LogP contribution in [-0.4, -0.2) is 45.0 Å². The zero-order chi connectivity index (χ0) is 22.0. The molecule has 0 saturated heterocycles. The molecule has 2 amide bonds. The van der Waals surface area contributed by atoms with E-state index >= 15 is 0 Å². The van der Waals surface area contributed by atoms with E-state index < -0.39 is 5.97 Å². The molecule has 1 aliphatic heterocycles. The summed E-state index contributed by atoms with van der Waals surface area (Å²) >= 11 is 0. The van der Waals surface area contributed by atoms with Crippen LogP contribution < -0.4 is 5.69 Å². The highest BCUT2D eigenvalue weighted by Gasteiger charge is 2.34. The lowest BCUT2D eigenvalue weighted by Crippen LogP contribution is -2.31. The van der Waals surface area contributed by atoms with Crippen molar-refractivity contribution >= 4 is 28.8 Å². The molecule has 0 spiro atoms. The lowest BCUT2D eigenvalue weighted by molar-refractivity contribution is -0.144. The topological polar surface area (TPSA) is 90.6 Å². The molecule has 8 heteroatoms. The Morgan fingerprint density at radius 3 is 2.03 bits per heavy atom. The van der Waals surface area contributed by atoms with Gasteiger partial charge < -0.3 is 4.74 Å². The first kappa shape index (κ1) is 20.6. The number of benzene rings is 2. The second-order valence-corrected chi connectivity index (χ2v) is 7.30. The Morgan fingerprint density at radius 1 is 0.839 bits per heavy atom. The summed E-state index contributed by atoms with van der Waals surface area (Å²) < 4.78 is 8.50. The minimum atomic E-state index is -0.428. The SMILES string of the molecule is CCn1c(=O)n(CCC(=O)OCCCN2C(=O)c3ccccc3C2=O)c2ccccc21. The van der Waals surface area contributed by atoms with E-state index in [4.69, 9.17) is 4.74 Å². The van der Waals surface area contributed by atoms with E-state index in [-0.39, 0.29) is 43.6 Å². The van der Waals surface area contributed by atoms with Gasteiger partial charge in [0, 0.05) is 19.6 Å². The summed E-state index contributed by atoms with van der Waals surface area (Å²) in [5.74, 6) is -1.07. The Bertz CT molecular complexity index is 1190. The van der Waals surface area contributed by atoms with Gasteiger partial charge >= 0.3 is 11.7 Å². The fourth-order valence-electron chi connectivity index (χ4n) is 3.92. The van der Waals surface area contributed by atoms with Gasteiger partial charge in [-0.05, 0) is 37.6 Å².